The van der Waals surface area contributed by atoms with Crippen LogP contribution in [0.15, 0.2) is 34.1 Å². The molecule has 98 valence electrons. The molecular formula is C12H8BrNO4S. The van der Waals surface area contributed by atoms with Crippen LogP contribution in [0.3, 0.4) is 0 Å². The molecular weight excluding hydrogens is 334 g/mol. The molecule has 2 aromatic rings. The van der Waals surface area contributed by atoms with Gasteiger partial charge >= 0.3 is 5.69 Å². The first kappa shape index (κ1) is 13.7. The van der Waals surface area contributed by atoms with Gasteiger partial charge in [0.25, 0.3) is 0 Å². The number of halogens is 1. The van der Waals surface area contributed by atoms with Crippen molar-refractivity contribution in [2.45, 2.75) is 6.61 Å². The molecule has 0 saturated heterocycles. The summed E-state index contributed by atoms with van der Waals surface area (Å²) >= 11 is 4.82. The summed E-state index contributed by atoms with van der Waals surface area (Å²) in [5, 5.41) is 12.8. The summed E-state index contributed by atoms with van der Waals surface area (Å²) in [4.78, 5) is 21.9. The molecule has 0 aliphatic rings. The summed E-state index contributed by atoms with van der Waals surface area (Å²) in [6.45, 7) is 0.248. The van der Waals surface area contributed by atoms with Gasteiger partial charge in [-0.15, -0.1) is 11.3 Å². The molecule has 19 heavy (non-hydrogen) atoms. The Balaban J connectivity index is 2.19. The Labute approximate surface area is 121 Å². The second-order valence-corrected chi connectivity index (χ2v) is 5.53. The third-order valence-electron chi connectivity index (χ3n) is 2.31. The fourth-order valence-corrected chi connectivity index (χ4v) is 2.81. The van der Waals surface area contributed by atoms with Crippen molar-refractivity contribution in [2.75, 3.05) is 0 Å². The van der Waals surface area contributed by atoms with E-state index in [-0.39, 0.29) is 23.6 Å². The number of carbonyl (C=O) groups is 1. The number of hydrogen-bond donors (Lipinski definition) is 0. The van der Waals surface area contributed by atoms with E-state index in [1.54, 1.807) is 0 Å². The number of thiophene rings is 1. The molecule has 1 heterocycles. The van der Waals surface area contributed by atoms with E-state index < -0.39 is 4.92 Å². The summed E-state index contributed by atoms with van der Waals surface area (Å²) in [6.07, 6.45) is 0.563. The Morgan fingerprint density at radius 3 is 2.79 bits per heavy atom. The van der Waals surface area contributed by atoms with Crippen LogP contribution >= 0.6 is 27.3 Å². The predicted octanol–water partition coefficient (Wildman–Crippen LogP) is 3.81. The van der Waals surface area contributed by atoms with Gasteiger partial charge in [-0.1, -0.05) is 0 Å². The van der Waals surface area contributed by atoms with Crippen LogP contribution in [0.5, 0.6) is 5.75 Å². The predicted molar refractivity (Wildman–Crippen MR) is 74.8 cm³/mol. The summed E-state index contributed by atoms with van der Waals surface area (Å²) in [5.74, 6) is 0.153. The fourth-order valence-electron chi connectivity index (χ4n) is 1.45. The van der Waals surface area contributed by atoms with Crippen molar-refractivity contribution < 1.29 is 14.5 Å². The van der Waals surface area contributed by atoms with Gasteiger partial charge in [0.1, 0.15) is 12.9 Å². The minimum absolute atomic E-state index is 0.153. The lowest BCUT2D eigenvalue weighted by molar-refractivity contribution is -0.386. The van der Waals surface area contributed by atoms with Gasteiger partial charge in [0.15, 0.2) is 5.75 Å². The minimum atomic E-state index is -0.563. The first-order valence-electron chi connectivity index (χ1n) is 5.19. The molecule has 0 saturated carbocycles. The first-order valence-corrected chi connectivity index (χ1v) is 6.87. The van der Waals surface area contributed by atoms with Crippen LogP contribution in [-0.4, -0.2) is 11.2 Å². The minimum Gasteiger partial charge on any atom is -0.481 e. The van der Waals surface area contributed by atoms with Crippen molar-refractivity contribution in [3.05, 3.63) is 54.7 Å². The molecule has 0 spiro atoms. The third-order valence-corrected chi connectivity index (χ3v) is 3.98. The van der Waals surface area contributed by atoms with Crippen LogP contribution in [0.1, 0.15) is 15.2 Å². The fraction of sp³-hybridized carbons (Fsp3) is 0.0833. The van der Waals surface area contributed by atoms with E-state index in [1.165, 1.54) is 29.5 Å². The Kier molecular flexibility index (Phi) is 4.28. The molecule has 1 aromatic carbocycles. The zero-order valence-electron chi connectivity index (χ0n) is 9.54. The number of aldehydes is 1. The van der Waals surface area contributed by atoms with Crippen LogP contribution in [0.4, 0.5) is 5.69 Å². The number of carbonyl (C=O) groups excluding carboxylic acids is 1. The van der Waals surface area contributed by atoms with Gasteiger partial charge in [-0.25, -0.2) is 0 Å². The molecule has 0 N–H and O–H groups in total. The van der Waals surface area contributed by atoms with Crippen molar-refractivity contribution in [1.82, 2.24) is 0 Å². The molecule has 0 aliphatic carbocycles. The van der Waals surface area contributed by atoms with Gasteiger partial charge in [-0.05, 0) is 34.1 Å². The molecule has 5 nitrogen and oxygen atoms in total. The normalized spacial score (nSPS) is 10.2. The van der Waals surface area contributed by atoms with Gasteiger partial charge in [0.05, 0.1) is 4.92 Å². The molecule has 7 heteroatoms. The average Bonchev–Trinajstić information content (AvgIpc) is 2.82. The van der Waals surface area contributed by atoms with Gasteiger partial charge in [0, 0.05) is 26.4 Å². The monoisotopic (exact) mass is 341 g/mol. The number of nitro groups is 1. The maximum Gasteiger partial charge on any atom is 0.311 e. The van der Waals surface area contributed by atoms with Crippen molar-refractivity contribution >= 4 is 39.2 Å². The van der Waals surface area contributed by atoms with E-state index in [0.717, 1.165) is 9.35 Å². The maximum absolute atomic E-state index is 10.9. The van der Waals surface area contributed by atoms with E-state index in [4.69, 9.17) is 4.74 Å². The van der Waals surface area contributed by atoms with Crippen molar-refractivity contribution in [3.63, 3.8) is 0 Å². The lowest BCUT2D eigenvalue weighted by Crippen LogP contribution is -1.98. The van der Waals surface area contributed by atoms with Crippen molar-refractivity contribution in [1.29, 1.82) is 0 Å². The Morgan fingerprint density at radius 1 is 1.42 bits per heavy atom. The molecule has 0 fully saturated rings. The van der Waals surface area contributed by atoms with Gasteiger partial charge in [0.2, 0.25) is 0 Å². The molecule has 2 rings (SSSR count). The highest BCUT2D eigenvalue weighted by molar-refractivity contribution is 9.10. The van der Waals surface area contributed by atoms with Crippen LogP contribution < -0.4 is 4.74 Å². The topological polar surface area (TPSA) is 69.4 Å². The molecule has 0 radical (unpaired) electrons. The highest BCUT2D eigenvalue weighted by Gasteiger charge is 2.16. The second-order valence-electron chi connectivity index (χ2n) is 3.62. The lowest BCUT2D eigenvalue weighted by atomic mass is 10.2. The van der Waals surface area contributed by atoms with Crippen LogP contribution in [0, 0.1) is 10.1 Å². The summed E-state index contributed by atoms with van der Waals surface area (Å²) < 4.78 is 6.38. The smallest absolute Gasteiger partial charge is 0.311 e. The number of benzene rings is 1. The molecule has 0 amide bonds. The van der Waals surface area contributed by atoms with Crippen LogP contribution in [0.2, 0.25) is 0 Å². The van der Waals surface area contributed by atoms with E-state index in [1.807, 2.05) is 11.4 Å². The molecule has 0 unspecified atom stereocenters. The number of rotatable bonds is 5. The van der Waals surface area contributed by atoms with E-state index in [0.29, 0.717) is 6.29 Å². The Morgan fingerprint density at radius 2 is 2.21 bits per heavy atom. The van der Waals surface area contributed by atoms with Gasteiger partial charge in [-0.2, -0.15) is 0 Å². The lowest BCUT2D eigenvalue weighted by Gasteiger charge is -2.05. The van der Waals surface area contributed by atoms with Crippen molar-refractivity contribution in [3.8, 4) is 5.75 Å². The molecule has 0 bridgehead atoms. The highest BCUT2D eigenvalue weighted by atomic mass is 79.9. The number of ether oxygens (including phenoxy) is 1. The molecule has 1 aromatic heterocycles. The summed E-state index contributed by atoms with van der Waals surface area (Å²) in [7, 11) is 0. The first-order chi connectivity index (χ1) is 9.10. The second kappa shape index (κ2) is 5.94. The van der Waals surface area contributed by atoms with Gasteiger partial charge in [-0.3, -0.25) is 14.9 Å². The molecule has 0 aliphatic heterocycles. The van der Waals surface area contributed by atoms with E-state index in [2.05, 4.69) is 15.9 Å². The van der Waals surface area contributed by atoms with Crippen LogP contribution in [0.25, 0.3) is 0 Å². The van der Waals surface area contributed by atoms with Gasteiger partial charge < -0.3 is 4.74 Å². The average molecular weight is 342 g/mol. The summed E-state index contributed by atoms with van der Waals surface area (Å²) in [6, 6.07) is 6.01. The number of hydrogen-bond acceptors (Lipinski definition) is 5. The van der Waals surface area contributed by atoms with Crippen LogP contribution in [-0.2, 0) is 6.61 Å². The zero-order valence-corrected chi connectivity index (χ0v) is 11.9. The standard InChI is InChI=1S/C12H8BrNO4S/c13-9-4-10(19-7-9)6-18-12-2-1-8(5-15)3-11(12)14(16)17/h1-5,7H,6H2. The number of nitrogens with zero attached hydrogens (tertiary/aromatic N) is 1. The van der Waals surface area contributed by atoms with E-state index in [9.17, 15) is 14.9 Å². The quantitative estimate of drug-likeness (QED) is 0.471. The number of nitro benzene ring substituents is 1. The SMILES string of the molecule is O=Cc1ccc(OCc2cc(Br)cs2)c([N+](=O)[O-])c1. The molecule has 0 atom stereocenters. The Bertz CT molecular complexity index is 626. The zero-order chi connectivity index (χ0) is 13.8. The van der Waals surface area contributed by atoms with Crippen molar-refractivity contribution in [2.24, 2.45) is 0 Å². The van der Waals surface area contributed by atoms with E-state index >= 15 is 0 Å². The highest BCUT2D eigenvalue weighted by Crippen LogP contribution is 2.29. The largest absolute Gasteiger partial charge is 0.481 e. The summed E-state index contributed by atoms with van der Waals surface area (Å²) in [5.41, 5.74) is 0.0399. The third kappa shape index (κ3) is 3.39. The Hall–Kier alpha value is -1.73. The maximum atomic E-state index is 10.9.